The molecule has 96 valence electrons. The molecule has 1 aromatic rings. The van der Waals surface area contributed by atoms with E-state index in [0.29, 0.717) is 24.0 Å². The van der Waals surface area contributed by atoms with Gasteiger partial charge in [0, 0.05) is 11.8 Å². The van der Waals surface area contributed by atoms with Crippen LogP contribution in [-0.4, -0.2) is 24.4 Å². The number of nitrogen functional groups attached to an aromatic ring is 1. The summed E-state index contributed by atoms with van der Waals surface area (Å²) in [5, 5.41) is 12.5. The lowest BCUT2D eigenvalue weighted by Gasteiger charge is -2.21. The average molecular weight is 238 g/mol. The van der Waals surface area contributed by atoms with E-state index in [1.165, 1.54) is 0 Å². The van der Waals surface area contributed by atoms with Gasteiger partial charge in [-0.05, 0) is 25.0 Å². The Balaban J connectivity index is 2.80. The maximum atomic E-state index is 9.27. The van der Waals surface area contributed by atoms with Crippen LogP contribution in [0.15, 0.2) is 18.2 Å². The molecule has 0 fully saturated rings. The Bertz CT molecular complexity index is 353. The SMILES string of the molecule is CCOc1cc(NC(CO)C(C)C)ccc1N. The largest absolute Gasteiger partial charge is 0.492 e. The molecular weight excluding hydrogens is 216 g/mol. The number of aliphatic hydroxyl groups is 1. The Morgan fingerprint density at radius 3 is 2.65 bits per heavy atom. The van der Waals surface area contributed by atoms with Gasteiger partial charge in [0.25, 0.3) is 0 Å². The van der Waals surface area contributed by atoms with Gasteiger partial charge < -0.3 is 20.9 Å². The minimum atomic E-state index is 0.0353. The van der Waals surface area contributed by atoms with Gasteiger partial charge in [-0.25, -0.2) is 0 Å². The smallest absolute Gasteiger partial charge is 0.144 e. The minimum Gasteiger partial charge on any atom is -0.492 e. The van der Waals surface area contributed by atoms with Crippen LogP contribution in [0.3, 0.4) is 0 Å². The predicted octanol–water partition coefficient (Wildman–Crippen LogP) is 2.10. The van der Waals surface area contributed by atoms with E-state index in [9.17, 15) is 5.11 Å². The van der Waals surface area contributed by atoms with E-state index < -0.39 is 0 Å². The Morgan fingerprint density at radius 2 is 2.12 bits per heavy atom. The van der Waals surface area contributed by atoms with Crippen LogP contribution < -0.4 is 15.8 Å². The Labute approximate surface area is 103 Å². The summed E-state index contributed by atoms with van der Waals surface area (Å²) >= 11 is 0. The zero-order valence-electron chi connectivity index (χ0n) is 10.7. The topological polar surface area (TPSA) is 67.5 Å². The van der Waals surface area contributed by atoms with Crippen LogP contribution >= 0.6 is 0 Å². The number of nitrogens with two attached hydrogens (primary N) is 1. The van der Waals surface area contributed by atoms with Gasteiger partial charge in [0.15, 0.2) is 0 Å². The summed E-state index contributed by atoms with van der Waals surface area (Å²) in [6.07, 6.45) is 0. The third-order valence-corrected chi connectivity index (χ3v) is 2.67. The zero-order chi connectivity index (χ0) is 12.8. The van der Waals surface area contributed by atoms with E-state index in [4.69, 9.17) is 10.5 Å². The van der Waals surface area contributed by atoms with Gasteiger partial charge in [-0.1, -0.05) is 13.8 Å². The van der Waals surface area contributed by atoms with E-state index in [2.05, 4.69) is 19.2 Å². The lowest BCUT2D eigenvalue weighted by Crippen LogP contribution is -2.29. The van der Waals surface area contributed by atoms with Crippen molar-refractivity contribution in [2.75, 3.05) is 24.3 Å². The van der Waals surface area contributed by atoms with Gasteiger partial charge in [-0.3, -0.25) is 0 Å². The van der Waals surface area contributed by atoms with Crippen molar-refractivity contribution in [1.29, 1.82) is 0 Å². The number of hydrogen-bond acceptors (Lipinski definition) is 4. The number of nitrogens with one attached hydrogen (secondary N) is 1. The highest BCUT2D eigenvalue weighted by Crippen LogP contribution is 2.26. The molecule has 0 aromatic heterocycles. The van der Waals surface area contributed by atoms with Crippen LogP contribution in [0.25, 0.3) is 0 Å². The normalized spacial score (nSPS) is 12.5. The second-order valence-electron chi connectivity index (χ2n) is 4.36. The molecule has 0 radical (unpaired) electrons. The van der Waals surface area contributed by atoms with E-state index in [1.54, 1.807) is 0 Å². The van der Waals surface area contributed by atoms with Crippen LogP contribution in [0.1, 0.15) is 20.8 Å². The highest BCUT2D eigenvalue weighted by atomic mass is 16.5. The summed E-state index contributed by atoms with van der Waals surface area (Å²) in [7, 11) is 0. The molecule has 0 spiro atoms. The lowest BCUT2D eigenvalue weighted by molar-refractivity contribution is 0.249. The molecule has 17 heavy (non-hydrogen) atoms. The van der Waals surface area contributed by atoms with Crippen molar-refractivity contribution >= 4 is 11.4 Å². The van der Waals surface area contributed by atoms with Crippen LogP contribution in [0.5, 0.6) is 5.75 Å². The van der Waals surface area contributed by atoms with Crippen molar-refractivity contribution in [3.8, 4) is 5.75 Å². The lowest BCUT2D eigenvalue weighted by atomic mass is 10.1. The van der Waals surface area contributed by atoms with Crippen molar-refractivity contribution in [1.82, 2.24) is 0 Å². The second-order valence-corrected chi connectivity index (χ2v) is 4.36. The van der Waals surface area contributed by atoms with Gasteiger partial charge in [0.2, 0.25) is 0 Å². The van der Waals surface area contributed by atoms with Crippen molar-refractivity contribution in [2.45, 2.75) is 26.8 Å². The molecule has 4 nitrogen and oxygen atoms in total. The molecular formula is C13H22N2O2. The first-order valence-corrected chi connectivity index (χ1v) is 5.98. The summed E-state index contributed by atoms with van der Waals surface area (Å²) in [4.78, 5) is 0. The van der Waals surface area contributed by atoms with Crippen LogP contribution in [-0.2, 0) is 0 Å². The fraction of sp³-hybridized carbons (Fsp3) is 0.538. The Morgan fingerprint density at radius 1 is 1.41 bits per heavy atom. The van der Waals surface area contributed by atoms with E-state index >= 15 is 0 Å². The zero-order valence-corrected chi connectivity index (χ0v) is 10.7. The van der Waals surface area contributed by atoms with Crippen LogP contribution in [0.4, 0.5) is 11.4 Å². The summed E-state index contributed by atoms with van der Waals surface area (Å²) in [5.74, 6) is 1.03. The molecule has 0 saturated heterocycles. The summed E-state index contributed by atoms with van der Waals surface area (Å²) in [6.45, 7) is 6.74. The monoisotopic (exact) mass is 238 g/mol. The molecule has 0 aliphatic rings. The van der Waals surface area contributed by atoms with E-state index in [0.717, 1.165) is 5.69 Å². The first-order chi connectivity index (χ1) is 8.08. The van der Waals surface area contributed by atoms with Crippen molar-refractivity contribution in [3.63, 3.8) is 0 Å². The Kier molecular flexibility index (Phi) is 5.10. The molecule has 1 rings (SSSR count). The van der Waals surface area contributed by atoms with Crippen molar-refractivity contribution in [3.05, 3.63) is 18.2 Å². The highest BCUT2D eigenvalue weighted by Gasteiger charge is 2.12. The fourth-order valence-electron chi connectivity index (χ4n) is 1.54. The molecule has 4 N–H and O–H groups in total. The molecule has 4 heteroatoms. The van der Waals surface area contributed by atoms with E-state index in [1.807, 2.05) is 25.1 Å². The number of benzene rings is 1. The standard InChI is InChI=1S/C13H22N2O2/c1-4-17-13-7-10(5-6-11(13)14)15-12(8-16)9(2)3/h5-7,9,12,15-16H,4,8,14H2,1-3H3. The molecule has 0 bridgehead atoms. The van der Waals surface area contributed by atoms with E-state index in [-0.39, 0.29) is 12.6 Å². The molecule has 0 heterocycles. The second kappa shape index (κ2) is 6.35. The summed E-state index contributed by atoms with van der Waals surface area (Å²) in [5.41, 5.74) is 7.34. The maximum absolute atomic E-state index is 9.27. The Hall–Kier alpha value is -1.42. The minimum absolute atomic E-state index is 0.0353. The number of aliphatic hydroxyl groups excluding tert-OH is 1. The fourth-order valence-corrected chi connectivity index (χ4v) is 1.54. The van der Waals surface area contributed by atoms with Crippen LogP contribution in [0, 0.1) is 5.92 Å². The van der Waals surface area contributed by atoms with Crippen LogP contribution in [0.2, 0.25) is 0 Å². The molecule has 0 amide bonds. The third-order valence-electron chi connectivity index (χ3n) is 2.67. The molecule has 0 saturated carbocycles. The van der Waals surface area contributed by atoms with Gasteiger partial charge >= 0.3 is 0 Å². The quantitative estimate of drug-likeness (QED) is 0.664. The molecule has 1 aromatic carbocycles. The van der Waals surface area contributed by atoms with Gasteiger partial charge in [0.1, 0.15) is 5.75 Å². The number of rotatable bonds is 6. The number of anilines is 2. The third kappa shape index (κ3) is 3.82. The first kappa shape index (κ1) is 13.6. The number of hydrogen-bond donors (Lipinski definition) is 3. The molecule has 1 atom stereocenters. The van der Waals surface area contributed by atoms with Gasteiger partial charge in [-0.2, -0.15) is 0 Å². The van der Waals surface area contributed by atoms with Gasteiger partial charge in [-0.15, -0.1) is 0 Å². The van der Waals surface area contributed by atoms with Crippen molar-refractivity contribution < 1.29 is 9.84 Å². The molecule has 1 unspecified atom stereocenters. The first-order valence-electron chi connectivity index (χ1n) is 5.98. The van der Waals surface area contributed by atoms with Crippen molar-refractivity contribution in [2.24, 2.45) is 5.92 Å². The molecule has 0 aliphatic heterocycles. The summed E-state index contributed by atoms with van der Waals surface area (Å²) < 4.78 is 5.43. The summed E-state index contributed by atoms with van der Waals surface area (Å²) in [6, 6.07) is 5.60. The predicted molar refractivity (Wildman–Crippen MR) is 71.4 cm³/mol. The average Bonchev–Trinajstić information content (AvgIpc) is 2.30. The van der Waals surface area contributed by atoms with Gasteiger partial charge in [0.05, 0.1) is 24.9 Å². The molecule has 0 aliphatic carbocycles. The maximum Gasteiger partial charge on any atom is 0.144 e. The highest BCUT2D eigenvalue weighted by molar-refractivity contribution is 5.61. The number of ether oxygens (including phenoxy) is 1.